The number of aryl methyl sites for hydroxylation is 1. The van der Waals surface area contributed by atoms with E-state index in [4.69, 9.17) is 11.6 Å². The zero-order valence-electron chi connectivity index (χ0n) is 10.1. The number of hydrogen-bond acceptors (Lipinski definition) is 3. The van der Waals surface area contributed by atoms with Crippen molar-refractivity contribution in [2.24, 2.45) is 0 Å². The molecule has 0 aromatic carbocycles. The van der Waals surface area contributed by atoms with Gasteiger partial charge in [-0.3, -0.25) is 0 Å². The van der Waals surface area contributed by atoms with Crippen LogP contribution in [0.25, 0.3) is 0 Å². The largest absolute Gasteiger partial charge is 0.310 e. The summed E-state index contributed by atoms with van der Waals surface area (Å²) in [5.41, 5.74) is 2.88. The lowest BCUT2D eigenvalue weighted by Gasteiger charge is -2.23. The van der Waals surface area contributed by atoms with Gasteiger partial charge in [0.1, 0.15) is 0 Å². The molecule has 2 heterocycles. The maximum atomic E-state index is 6.12. The predicted octanol–water partition coefficient (Wildman–Crippen LogP) is 4.67. The molecule has 4 heteroatoms. The van der Waals surface area contributed by atoms with Crippen molar-refractivity contribution in [3.05, 3.63) is 43.2 Å². The lowest BCUT2D eigenvalue weighted by Crippen LogP contribution is -2.26. The van der Waals surface area contributed by atoms with Crippen LogP contribution in [0.3, 0.4) is 0 Å². The molecule has 0 saturated carbocycles. The molecule has 0 saturated heterocycles. The highest BCUT2D eigenvalue weighted by molar-refractivity contribution is 7.16. The maximum absolute atomic E-state index is 6.12. The number of hydrogen-bond donors (Lipinski definition) is 1. The van der Waals surface area contributed by atoms with E-state index < -0.39 is 0 Å². The van der Waals surface area contributed by atoms with E-state index in [0.29, 0.717) is 6.04 Å². The molecule has 0 radical (unpaired) electrons. The molecule has 2 aromatic rings. The van der Waals surface area contributed by atoms with Crippen LogP contribution >= 0.6 is 34.3 Å². The van der Waals surface area contributed by atoms with Crippen molar-refractivity contribution < 1.29 is 0 Å². The summed E-state index contributed by atoms with van der Waals surface area (Å²) < 4.78 is 0.937. The SMILES string of the molecule is Clc1cc2c(s1)CCCC2NCCc1ccsc1. The first-order chi connectivity index (χ1) is 8.83. The van der Waals surface area contributed by atoms with Gasteiger partial charge in [-0.1, -0.05) is 11.6 Å². The molecule has 1 atom stereocenters. The molecule has 0 aliphatic heterocycles. The standard InChI is InChI=1S/C14H16ClNS2/c15-14-8-11-12(2-1-3-13(11)18-14)16-6-4-10-5-7-17-9-10/h5,7-9,12,16H,1-4,6H2. The normalized spacial score (nSPS) is 18.8. The Kier molecular flexibility index (Phi) is 4.04. The molecule has 2 aromatic heterocycles. The van der Waals surface area contributed by atoms with E-state index in [-0.39, 0.29) is 0 Å². The van der Waals surface area contributed by atoms with Gasteiger partial charge in [-0.15, -0.1) is 11.3 Å². The first kappa shape index (κ1) is 12.7. The molecule has 0 spiro atoms. The molecule has 3 rings (SSSR count). The number of rotatable bonds is 4. The minimum atomic E-state index is 0.510. The van der Waals surface area contributed by atoms with Gasteiger partial charge < -0.3 is 5.32 Å². The summed E-state index contributed by atoms with van der Waals surface area (Å²) in [7, 11) is 0. The molecule has 96 valence electrons. The van der Waals surface area contributed by atoms with E-state index in [0.717, 1.165) is 17.3 Å². The summed E-state index contributed by atoms with van der Waals surface area (Å²) in [5, 5.41) is 8.06. The van der Waals surface area contributed by atoms with E-state index >= 15 is 0 Å². The number of fused-ring (bicyclic) bond motifs is 1. The van der Waals surface area contributed by atoms with Crippen molar-refractivity contribution >= 4 is 34.3 Å². The average molecular weight is 298 g/mol. The molecule has 1 aliphatic rings. The first-order valence-corrected chi connectivity index (χ1v) is 8.49. The second kappa shape index (κ2) is 5.74. The smallest absolute Gasteiger partial charge is 0.0934 e. The van der Waals surface area contributed by atoms with Crippen molar-refractivity contribution in [3.8, 4) is 0 Å². The minimum Gasteiger partial charge on any atom is -0.310 e. The molecule has 18 heavy (non-hydrogen) atoms. The summed E-state index contributed by atoms with van der Waals surface area (Å²) in [6.07, 6.45) is 4.84. The molecule has 0 fully saturated rings. The summed E-state index contributed by atoms with van der Waals surface area (Å²) >= 11 is 9.65. The predicted molar refractivity (Wildman–Crippen MR) is 81.0 cm³/mol. The molecule has 1 nitrogen and oxygen atoms in total. The van der Waals surface area contributed by atoms with Crippen LogP contribution in [0.4, 0.5) is 0 Å². The van der Waals surface area contributed by atoms with Gasteiger partial charge in [-0.05, 0) is 66.2 Å². The van der Waals surface area contributed by atoms with Crippen LogP contribution in [0.5, 0.6) is 0 Å². The molecular formula is C14H16ClNS2. The van der Waals surface area contributed by atoms with Gasteiger partial charge in [0.25, 0.3) is 0 Å². The van der Waals surface area contributed by atoms with Gasteiger partial charge in [-0.25, -0.2) is 0 Å². The van der Waals surface area contributed by atoms with Crippen molar-refractivity contribution in [1.82, 2.24) is 5.32 Å². The molecule has 1 aliphatic carbocycles. The van der Waals surface area contributed by atoms with E-state index in [1.807, 2.05) is 0 Å². The van der Waals surface area contributed by atoms with Crippen LogP contribution in [0.1, 0.15) is 34.9 Å². The van der Waals surface area contributed by atoms with Crippen LogP contribution < -0.4 is 5.32 Å². The second-order valence-electron chi connectivity index (χ2n) is 4.71. The number of thiophene rings is 2. The molecule has 0 amide bonds. The number of halogens is 1. The summed E-state index contributed by atoms with van der Waals surface area (Å²) in [6, 6.07) is 4.87. The Bertz CT molecular complexity index is 504. The second-order valence-corrected chi connectivity index (χ2v) is 7.26. The zero-order valence-corrected chi connectivity index (χ0v) is 12.5. The molecular weight excluding hydrogens is 282 g/mol. The lowest BCUT2D eigenvalue weighted by atomic mass is 9.94. The van der Waals surface area contributed by atoms with Gasteiger partial charge in [0.2, 0.25) is 0 Å². The maximum Gasteiger partial charge on any atom is 0.0934 e. The number of nitrogens with one attached hydrogen (secondary N) is 1. The van der Waals surface area contributed by atoms with Crippen LogP contribution in [0, 0.1) is 0 Å². The van der Waals surface area contributed by atoms with Gasteiger partial charge >= 0.3 is 0 Å². The quantitative estimate of drug-likeness (QED) is 0.864. The van der Waals surface area contributed by atoms with Crippen LogP contribution in [0.2, 0.25) is 4.34 Å². The summed E-state index contributed by atoms with van der Waals surface area (Å²) in [4.78, 5) is 1.49. The third-order valence-electron chi connectivity index (χ3n) is 3.47. The van der Waals surface area contributed by atoms with Gasteiger partial charge in [-0.2, -0.15) is 11.3 Å². The van der Waals surface area contributed by atoms with Gasteiger partial charge in [0.15, 0.2) is 0 Å². The Morgan fingerprint density at radius 1 is 1.44 bits per heavy atom. The van der Waals surface area contributed by atoms with Crippen molar-refractivity contribution in [3.63, 3.8) is 0 Å². The van der Waals surface area contributed by atoms with Crippen LogP contribution in [-0.4, -0.2) is 6.54 Å². The zero-order chi connectivity index (χ0) is 12.4. The minimum absolute atomic E-state index is 0.510. The Morgan fingerprint density at radius 3 is 3.22 bits per heavy atom. The molecule has 0 bridgehead atoms. The first-order valence-electron chi connectivity index (χ1n) is 6.35. The summed E-state index contributed by atoms with van der Waals surface area (Å²) in [5.74, 6) is 0. The van der Waals surface area contributed by atoms with Crippen molar-refractivity contribution in [2.45, 2.75) is 31.7 Å². The summed E-state index contributed by atoms with van der Waals surface area (Å²) in [6.45, 7) is 1.05. The van der Waals surface area contributed by atoms with Crippen molar-refractivity contribution in [2.75, 3.05) is 6.54 Å². The monoisotopic (exact) mass is 297 g/mol. The Labute approximate surface area is 121 Å². The lowest BCUT2D eigenvalue weighted by molar-refractivity contribution is 0.467. The molecule has 1 unspecified atom stereocenters. The average Bonchev–Trinajstić information content (AvgIpc) is 2.97. The van der Waals surface area contributed by atoms with Gasteiger partial charge in [0, 0.05) is 10.9 Å². The Balaban J connectivity index is 1.60. The highest BCUT2D eigenvalue weighted by Gasteiger charge is 2.21. The van der Waals surface area contributed by atoms with Gasteiger partial charge in [0.05, 0.1) is 4.34 Å². The third kappa shape index (κ3) is 2.80. The van der Waals surface area contributed by atoms with E-state index in [1.165, 1.54) is 35.3 Å². The Hall–Kier alpha value is -0.350. The van der Waals surface area contributed by atoms with E-state index in [1.54, 1.807) is 22.7 Å². The van der Waals surface area contributed by atoms with E-state index in [2.05, 4.69) is 28.2 Å². The van der Waals surface area contributed by atoms with E-state index in [9.17, 15) is 0 Å². The highest BCUT2D eigenvalue weighted by atomic mass is 35.5. The Morgan fingerprint density at radius 2 is 2.39 bits per heavy atom. The topological polar surface area (TPSA) is 12.0 Å². The van der Waals surface area contributed by atoms with Crippen molar-refractivity contribution in [1.29, 1.82) is 0 Å². The van der Waals surface area contributed by atoms with Crippen LogP contribution in [0.15, 0.2) is 22.9 Å². The fourth-order valence-corrected chi connectivity index (χ4v) is 4.65. The third-order valence-corrected chi connectivity index (χ3v) is 5.54. The fourth-order valence-electron chi connectivity index (χ4n) is 2.56. The highest BCUT2D eigenvalue weighted by Crippen LogP contribution is 2.37. The molecule has 1 N–H and O–H groups in total. The fraction of sp³-hybridized carbons (Fsp3) is 0.429. The van der Waals surface area contributed by atoms with Crippen LogP contribution in [-0.2, 0) is 12.8 Å².